The van der Waals surface area contributed by atoms with Gasteiger partial charge in [-0.3, -0.25) is 0 Å². The Morgan fingerprint density at radius 3 is 0.747 bits per heavy atom. The molecule has 29 rings (SSSR count). The van der Waals surface area contributed by atoms with E-state index in [2.05, 4.69) is 566 Å². The van der Waals surface area contributed by atoms with Crippen LogP contribution in [0.3, 0.4) is 0 Å². The molecule has 0 amide bonds. The molecule has 0 aliphatic rings. The van der Waals surface area contributed by atoms with Gasteiger partial charge in [0.1, 0.15) is 22.3 Å². The Morgan fingerprint density at radius 1 is 0.107 bits per heavy atom. The molecule has 6 heteroatoms. The second-order valence-corrected chi connectivity index (χ2v) is 38.8. The van der Waals surface area contributed by atoms with Crippen molar-refractivity contribution in [2.75, 3.05) is 19.6 Å². The van der Waals surface area contributed by atoms with E-state index in [0.717, 1.165) is 140 Å². The summed E-state index contributed by atoms with van der Waals surface area (Å²) >= 11 is 0. The van der Waals surface area contributed by atoms with Crippen LogP contribution in [0, 0.1) is 0 Å². The van der Waals surface area contributed by atoms with E-state index in [1.54, 1.807) is 0 Å². The summed E-state index contributed by atoms with van der Waals surface area (Å²) in [7, 11) is 0. The maximum atomic E-state index is 6.20. The molecular formula is C144H94N4O2. The molecule has 2 aromatic heterocycles. The average molecular weight is 1910 g/mol. The van der Waals surface area contributed by atoms with Crippen molar-refractivity contribution in [3.63, 3.8) is 0 Å². The molecule has 0 N–H and O–H groups in total. The third-order valence-electron chi connectivity index (χ3n) is 30.3. The summed E-state index contributed by atoms with van der Waals surface area (Å²) in [6.07, 6.45) is 0. The molecule has 0 spiro atoms. The molecule has 27 aromatic carbocycles. The molecule has 702 valence electrons. The molecular weight excluding hydrogens is 1820 g/mol. The van der Waals surface area contributed by atoms with Crippen LogP contribution < -0.4 is 19.6 Å². The van der Waals surface area contributed by atoms with E-state index >= 15 is 0 Å². The maximum absolute atomic E-state index is 6.20. The fourth-order valence-electron chi connectivity index (χ4n) is 23.1. The maximum Gasteiger partial charge on any atom is 0.135 e. The summed E-state index contributed by atoms with van der Waals surface area (Å²) in [5.41, 5.74) is 30.9. The van der Waals surface area contributed by atoms with E-state index in [-0.39, 0.29) is 0 Å². The Kier molecular flexibility index (Phi) is 21.9. The quantitative estimate of drug-likeness (QED) is 0.0798. The van der Waals surface area contributed by atoms with Gasteiger partial charge >= 0.3 is 0 Å². The molecule has 0 saturated heterocycles. The fourth-order valence-corrected chi connectivity index (χ4v) is 23.1. The Hall–Kier alpha value is -19.9. The standard InChI is InChI=1S/C74H48N2O.C70H46N2O/c1-2-17-54(18-3-1)76(72-27-14-16-51-15-4-5-19-61(51)72)57-38-31-50(32-39-57)49-29-36-55(37-30-49)75(58-42-43-68-66-24-9-8-22-64(66)65-23-10-11-25-67(65)70(68)48-58)56-40-33-52(34-41-56)59-44-45-60(63-21-7-6-20-62(59)63)53-35-46-74-71(47-53)69-26-12-13-28-73(69)77-74;1-3-15-52(16-4-1)72(53-17-5-2-6-18-53)68-43-42-57(58-19-11-12-24-64(58)68)50-33-38-55(39-34-50)71(56-40-41-63-61-22-8-7-20-59(61)60-21-9-10-23-62(60)66(63)46-56)54-36-31-48(32-37-54)47-27-29-49(30-28-47)51-35-44-70-67(45-51)65-25-13-14-26-69(65)73-70/h1-48H;1-46H. The lowest BCUT2D eigenvalue weighted by atomic mass is 9.91. The van der Waals surface area contributed by atoms with Crippen molar-refractivity contribution in [2.24, 2.45) is 0 Å². The van der Waals surface area contributed by atoms with Gasteiger partial charge in [0.15, 0.2) is 0 Å². The fraction of sp³-hybridized carbons (Fsp3) is 0. The van der Waals surface area contributed by atoms with Crippen LogP contribution in [0.5, 0.6) is 0 Å². The third-order valence-corrected chi connectivity index (χ3v) is 30.3. The van der Waals surface area contributed by atoms with Gasteiger partial charge in [0.25, 0.3) is 0 Å². The van der Waals surface area contributed by atoms with Gasteiger partial charge in [-0.05, 0) is 323 Å². The minimum absolute atomic E-state index is 0.904. The molecule has 0 aliphatic heterocycles. The SMILES string of the molecule is c1ccc(N(c2ccc(-c3ccc(N(c4ccc(-c5ccc(-c6ccc7oc8ccccc8c7c6)c6ccccc56)cc4)c4ccc5c6ccccc6c6ccccc6c5c4)cc3)cc2)c2cccc3ccccc23)cc1.c1ccc(N(c2ccccc2)c2ccc(-c3ccc(N(c4ccc(-c5ccc(-c6ccc7oc8ccccc8c7c6)cc5)cc4)c4ccc5c6ccccc6c6ccccc6c5c4)cc3)c3ccccc23)cc1. The highest BCUT2D eigenvalue weighted by atomic mass is 16.3. The largest absolute Gasteiger partial charge is 0.456 e. The number of nitrogens with zero attached hydrogens (tertiary/aromatic N) is 4. The van der Waals surface area contributed by atoms with Crippen molar-refractivity contribution >= 4 is 209 Å². The first kappa shape index (κ1) is 87.8. The van der Waals surface area contributed by atoms with E-state index < -0.39 is 0 Å². The van der Waals surface area contributed by atoms with Crippen molar-refractivity contribution < 1.29 is 8.83 Å². The van der Waals surface area contributed by atoms with E-state index in [4.69, 9.17) is 8.83 Å². The van der Waals surface area contributed by atoms with Crippen molar-refractivity contribution in [1.29, 1.82) is 0 Å². The number of fused-ring (bicyclic) bond motifs is 21. The normalized spacial score (nSPS) is 11.6. The van der Waals surface area contributed by atoms with Crippen LogP contribution in [0.4, 0.5) is 68.2 Å². The van der Waals surface area contributed by atoms with Gasteiger partial charge in [0.2, 0.25) is 0 Å². The zero-order valence-corrected chi connectivity index (χ0v) is 81.9. The molecule has 0 saturated carbocycles. The van der Waals surface area contributed by atoms with E-state index in [0.29, 0.717) is 0 Å². The molecule has 0 bridgehead atoms. The van der Waals surface area contributed by atoms with Crippen LogP contribution in [0.25, 0.3) is 208 Å². The topological polar surface area (TPSA) is 39.2 Å². The first-order valence-corrected chi connectivity index (χ1v) is 51.4. The summed E-state index contributed by atoms with van der Waals surface area (Å²) in [6.45, 7) is 0. The first-order chi connectivity index (χ1) is 74.4. The lowest BCUT2D eigenvalue weighted by Gasteiger charge is -2.28. The predicted octanol–water partition coefficient (Wildman–Crippen LogP) is 41.4. The number of anilines is 12. The third kappa shape index (κ3) is 15.7. The van der Waals surface area contributed by atoms with Gasteiger partial charge in [-0.1, -0.05) is 400 Å². The second-order valence-electron chi connectivity index (χ2n) is 38.8. The minimum Gasteiger partial charge on any atom is -0.456 e. The number of hydrogen-bond acceptors (Lipinski definition) is 6. The van der Waals surface area contributed by atoms with Gasteiger partial charge in [-0.25, -0.2) is 0 Å². The molecule has 29 aromatic rings. The van der Waals surface area contributed by atoms with Gasteiger partial charge in [-0.15, -0.1) is 0 Å². The van der Waals surface area contributed by atoms with E-state index in [1.165, 1.54) is 136 Å². The molecule has 2 heterocycles. The van der Waals surface area contributed by atoms with Crippen LogP contribution in [0.15, 0.2) is 579 Å². The second kappa shape index (κ2) is 37.4. The number of benzene rings is 27. The van der Waals surface area contributed by atoms with Gasteiger partial charge < -0.3 is 28.4 Å². The molecule has 0 unspecified atom stereocenters. The summed E-state index contributed by atoms with van der Waals surface area (Å²) in [5.74, 6) is 0. The number of rotatable bonds is 18. The number of hydrogen-bond donors (Lipinski definition) is 0. The summed E-state index contributed by atoms with van der Waals surface area (Å²) in [6, 6.07) is 207. The van der Waals surface area contributed by atoms with Crippen LogP contribution in [0.2, 0.25) is 0 Å². The zero-order valence-electron chi connectivity index (χ0n) is 81.9. The summed E-state index contributed by atoms with van der Waals surface area (Å²) < 4.78 is 12.3. The minimum atomic E-state index is 0.904. The van der Waals surface area contributed by atoms with Crippen molar-refractivity contribution in [3.05, 3.63) is 570 Å². The molecule has 150 heavy (non-hydrogen) atoms. The van der Waals surface area contributed by atoms with Crippen LogP contribution in [-0.2, 0) is 0 Å². The molecule has 0 aliphatic carbocycles. The Labute approximate surface area is 868 Å². The van der Waals surface area contributed by atoms with Crippen molar-refractivity contribution in [3.8, 4) is 66.8 Å². The number of furan rings is 2. The van der Waals surface area contributed by atoms with Gasteiger partial charge in [0.05, 0.1) is 11.4 Å². The highest BCUT2D eigenvalue weighted by Gasteiger charge is 2.26. The molecule has 0 fully saturated rings. The first-order valence-electron chi connectivity index (χ1n) is 51.4. The molecule has 6 nitrogen and oxygen atoms in total. The van der Waals surface area contributed by atoms with Crippen molar-refractivity contribution in [2.45, 2.75) is 0 Å². The van der Waals surface area contributed by atoms with Gasteiger partial charge in [-0.2, -0.15) is 0 Å². The van der Waals surface area contributed by atoms with Crippen LogP contribution in [-0.4, -0.2) is 0 Å². The van der Waals surface area contributed by atoms with Crippen LogP contribution >= 0.6 is 0 Å². The summed E-state index contributed by atoms with van der Waals surface area (Å²) in [4.78, 5) is 9.51. The predicted molar refractivity (Wildman–Crippen MR) is 636 cm³/mol. The lowest BCUT2D eigenvalue weighted by Crippen LogP contribution is -2.10. The number of para-hydroxylation sites is 5. The highest BCUT2D eigenvalue weighted by molar-refractivity contribution is 6.28. The molecule has 0 radical (unpaired) electrons. The van der Waals surface area contributed by atoms with Crippen LogP contribution in [0.1, 0.15) is 0 Å². The van der Waals surface area contributed by atoms with E-state index in [9.17, 15) is 0 Å². The average Bonchev–Trinajstić information content (AvgIpc) is 1.39. The lowest BCUT2D eigenvalue weighted by molar-refractivity contribution is 0.668. The van der Waals surface area contributed by atoms with Gasteiger partial charge in [0, 0.05) is 89.2 Å². The smallest absolute Gasteiger partial charge is 0.135 e. The van der Waals surface area contributed by atoms with Crippen molar-refractivity contribution in [1.82, 2.24) is 0 Å². The Balaban J connectivity index is 0.000000144. The Bertz CT molecular complexity index is 10100. The summed E-state index contributed by atoms with van der Waals surface area (Å²) in [5, 5.41) is 26.8. The zero-order chi connectivity index (χ0) is 99.1. The van der Waals surface area contributed by atoms with E-state index in [1.807, 2.05) is 24.3 Å². The molecule has 0 atom stereocenters. The monoisotopic (exact) mass is 1910 g/mol. The highest BCUT2D eigenvalue weighted by Crippen LogP contribution is 2.51. The Morgan fingerprint density at radius 2 is 0.347 bits per heavy atom.